The number of rotatable bonds is 6. The number of hydrogen-bond donors (Lipinski definition) is 3. The molecule has 0 saturated carbocycles. The van der Waals surface area contributed by atoms with E-state index in [4.69, 9.17) is 6.42 Å². The first-order valence-electron chi connectivity index (χ1n) is 9.75. The molecule has 0 radical (unpaired) electrons. The summed E-state index contributed by atoms with van der Waals surface area (Å²) < 4.78 is 26.3. The van der Waals surface area contributed by atoms with Gasteiger partial charge in [-0.15, -0.1) is 6.42 Å². The Morgan fingerprint density at radius 2 is 2.07 bits per heavy atom. The van der Waals surface area contributed by atoms with E-state index in [1.165, 1.54) is 6.20 Å². The molecule has 3 N–H and O–H groups in total. The smallest absolute Gasteiger partial charge is 0.291 e. The molecule has 30 heavy (non-hydrogen) atoms. The molecule has 0 saturated heterocycles. The van der Waals surface area contributed by atoms with Crippen LogP contribution in [0.3, 0.4) is 0 Å². The van der Waals surface area contributed by atoms with Crippen LogP contribution in [0.4, 0.5) is 5.69 Å². The third-order valence-corrected chi connectivity index (χ3v) is 5.89. The predicted octanol–water partition coefficient (Wildman–Crippen LogP) is 3.39. The summed E-state index contributed by atoms with van der Waals surface area (Å²) in [5.74, 6) is 2.13. The fourth-order valence-corrected chi connectivity index (χ4v) is 4.65. The molecular weight excluding hydrogens is 400 g/mol. The number of nitrogens with one attached hydrogen (secondary N) is 3. The highest BCUT2D eigenvalue weighted by Crippen LogP contribution is 2.35. The van der Waals surface area contributed by atoms with Crippen molar-refractivity contribution in [1.29, 1.82) is 0 Å². The van der Waals surface area contributed by atoms with E-state index in [2.05, 4.69) is 32.0 Å². The molecule has 0 fully saturated rings. The van der Waals surface area contributed by atoms with Crippen LogP contribution >= 0.6 is 0 Å². The Bertz CT molecular complexity index is 1140. The monoisotopic (exact) mass is 426 g/mol. The van der Waals surface area contributed by atoms with E-state index in [1.54, 1.807) is 6.07 Å². The molecule has 0 atom stereocenters. The van der Waals surface area contributed by atoms with Crippen LogP contribution in [0.2, 0.25) is 0 Å². The van der Waals surface area contributed by atoms with E-state index < -0.39 is 21.5 Å². The van der Waals surface area contributed by atoms with Gasteiger partial charge in [-0.2, -0.15) is 0 Å². The molecule has 1 aromatic heterocycles. The Morgan fingerprint density at radius 1 is 1.30 bits per heavy atom. The number of H-pyrrole nitrogens is 1. The van der Waals surface area contributed by atoms with Gasteiger partial charge in [0, 0.05) is 17.4 Å². The summed E-state index contributed by atoms with van der Waals surface area (Å²) in [6.07, 6.45) is 14.2. The first-order valence-corrected chi connectivity index (χ1v) is 11.6. The van der Waals surface area contributed by atoms with Gasteiger partial charge < -0.3 is 10.3 Å². The Morgan fingerprint density at radius 3 is 2.67 bits per heavy atom. The Kier molecular flexibility index (Phi) is 6.15. The maximum absolute atomic E-state index is 12.7. The van der Waals surface area contributed by atoms with Crippen LogP contribution in [0, 0.1) is 12.3 Å². The summed E-state index contributed by atoms with van der Waals surface area (Å²) in [6, 6.07) is 5.56. The van der Waals surface area contributed by atoms with E-state index in [0.29, 0.717) is 11.4 Å². The lowest BCUT2D eigenvalue weighted by Gasteiger charge is -2.27. The molecular formula is C22H26N4O3S. The van der Waals surface area contributed by atoms with Gasteiger partial charge in [0.15, 0.2) is 5.82 Å². The van der Waals surface area contributed by atoms with Gasteiger partial charge in [0.2, 0.25) is 10.0 Å². The third kappa shape index (κ3) is 5.17. The van der Waals surface area contributed by atoms with Crippen molar-refractivity contribution < 1.29 is 13.2 Å². The molecule has 8 heteroatoms. The number of sulfonamides is 1. The predicted molar refractivity (Wildman–Crippen MR) is 118 cm³/mol. The van der Waals surface area contributed by atoms with Crippen LogP contribution in [-0.4, -0.2) is 30.5 Å². The van der Waals surface area contributed by atoms with Crippen LogP contribution in [0.5, 0.6) is 0 Å². The first kappa shape index (κ1) is 21.8. The van der Waals surface area contributed by atoms with E-state index in [1.807, 2.05) is 26.0 Å². The van der Waals surface area contributed by atoms with Crippen molar-refractivity contribution in [3.8, 4) is 12.3 Å². The molecule has 0 bridgehead atoms. The molecule has 1 aliphatic carbocycles. The fraction of sp³-hybridized carbons (Fsp3) is 0.364. The molecule has 1 amide bonds. The topological polar surface area (TPSA) is 104 Å². The number of hydrogen-bond acceptors (Lipinski definition) is 4. The van der Waals surface area contributed by atoms with Gasteiger partial charge >= 0.3 is 0 Å². The Hall–Kier alpha value is -2.89. The van der Waals surface area contributed by atoms with Crippen LogP contribution in [0.25, 0.3) is 5.57 Å². The van der Waals surface area contributed by atoms with E-state index >= 15 is 0 Å². The van der Waals surface area contributed by atoms with Crippen molar-refractivity contribution in [2.24, 2.45) is 0 Å². The van der Waals surface area contributed by atoms with Gasteiger partial charge in [-0.1, -0.05) is 12.1 Å². The van der Waals surface area contributed by atoms with Crippen LogP contribution < -0.4 is 10.0 Å². The normalized spacial score (nSPS) is 14.7. The second-order valence-corrected chi connectivity index (χ2v) is 9.72. The average molecular weight is 427 g/mol. The number of carbonyl (C=O) groups excluding carboxylic acids is 1. The molecule has 1 heterocycles. The first-order chi connectivity index (χ1) is 14.1. The van der Waals surface area contributed by atoms with Gasteiger partial charge in [0.25, 0.3) is 5.91 Å². The standard InChI is InChI=1S/C22H26N4O3S/c1-5-17-14-23-20(24-17)21(27)25-19-12-11-16(22(2,3)26-30(4,28)29)13-18(19)15-9-7-6-8-10-15/h1,9,11-14,26H,6-8,10H2,2-4H3,(H,23,24)(H,25,27). The number of allylic oxidation sites excluding steroid dienone is 2. The number of aromatic amines is 1. The molecule has 0 unspecified atom stereocenters. The van der Waals surface area contributed by atoms with Crippen molar-refractivity contribution in [1.82, 2.24) is 14.7 Å². The molecule has 2 aromatic rings. The molecule has 0 aliphatic heterocycles. The van der Waals surface area contributed by atoms with Gasteiger partial charge in [0.05, 0.1) is 11.8 Å². The number of aromatic nitrogens is 2. The summed E-state index contributed by atoms with van der Waals surface area (Å²) in [4.78, 5) is 19.5. The van der Waals surface area contributed by atoms with E-state index in [-0.39, 0.29) is 5.82 Å². The third-order valence-electron chi connectivity index (χ3n) is 5.01. The fourth-order valence-electron chi connectivity index (χ4n) is 3.61. The Labute approximate surface area is 177 Å². The molecule has 0 spiro atoms. The molecule has 1 aliphatic rings. The maximum atomic E-state index is 12.7. The minimum absolute atomic E-state index is 0.134. The van der Waals surface area contributed by atoms with Gasteiger partial charge in [-0.05, 0) is 68.7 Å². The second-order valence-electron chi connectivity index (χ2n) is 7.97. The van der Waals surface area contributed by atoms with Gasteiger partial charge in [-0.25, -0.2) is 18.1 Å². The zero-order chi connectivity index (χ0) is 21.9. The van der Waals surface area contributed by atoms with Crippen LogP contribution in [0.15, 0.2) is 30.5 Å². The zero-order valence-electron chi connectivity index (χ0n) is 17.4. The van der Waals surface area contributed by atoms with Crippen molar-refractivity contribution in [2.75, 3.05) is 11.6 Å². The highest BCUT2D eigenvalue weighted by atomic mass is 32.2. The average Bonchev–Trinajstić information content (AvgIpc) is 3.16. The maximum Gasteiger partial charge on any atom is 0.291 e. The number of nitrogens with zero attached hydrogens (tertiary/aromatic N) is 1. The van der Waals surface area contributed by atoms with Crippen molar-refractivity contribution in [3.05, 3.63) is 53.1 Å². The number of benzene rings is 1. The lowest BCUT2D eigenvalue weighted by molar-refractivity contribution is 0.101. The van der Waals surface area contributed by atoms with E-state index in [0.717, 1.165) is 48.6 Å². The molecule has 1 aromatic carbocycles. The van der Waals surface area contributed by atoms with Gasteiger partial charge in [-0.3, -0.25) is 4.79 Å². The Balaban J connectivity index is 1.99. The zero-order valence-corrected chi connectivity index (χ0v) is 18.2. The highest BCUT2D eigenvalue weighted by Gasteiger charge is 2.26. The largest absolute Gasteiger partial charge is 0.339 e. The minimum Gasteiger partial charge on any atom is -0.339 e. The quantitative estimate of drug-likeness (QED) is 0.616. The van der Waals surface area contributed by atoms with Crippen LogP contribution in [0.1, 0.15) is 67.0 Å². The summed E-state index contributed by atoms with van der Waals surface area (Å²) in [5.41, 5.74) is 3.03. The second kappa shape index (κ2) is 8.46. The number of anilines is 1. The summed E-state index contributed by atoms with van der Waals surface area (Å²) in [6.45, 7) is 3.62. The molecule has 7 nitrogen and oxygen atoms in total. The molecule has 158 valence electrons. The van der Waals surface area contributed by atoms with Gasteiger partial charge in [0.1, 0.15) is 5.69 Å². The number of amides is 1. The number of imidazole rings is 1. The number of terminal acetylenes is 1. The van der Waals surface area contributed by atoms with Crippen molar-refractivity contribution in [2.45, 2.75) is 45.1 Å². The van der Waals surface area contributed by atoms with E-state index in [9.17, 15) is 13.2 Å². The summed E-state index contributed by atoms with van der Waals surface area (Å²) in [5, 5.41) is 2.91. The lowest BCUT2D eigenvalue weighted by Crippen LogP contribution is -2.40. The highest BCUT2D eigenvalue weighted by molar-refractivity contribution is 7.88. The summed E-state index contributed by atoms with van der Waals surface area (Å²) in [7, 11) is -3.40. The van der Waals surface area contributed by atoms with Crippen molar-refractivity contribution in [3.63, 3.8) is 0 Å². The molecule has 3 rings (SSSR count). The van der Waals surface area contributed by atoms with Crippen molar-refractivity contribution >= 4 is 27.2 Å². The minimum atomic E-state index is -3.40. The lowest BCUT2D eigenvalue weighted by atomic mass is 9.87. The number of carbonyl (C=O) groups is 1. The SMILES string of the molecule is C#Cc1c[nH]c(C(=O)Nc2ccc(C(C)(C)NS(C)(=O)=O)cc2C2=CCCCC2)n1. The summed E-state index contributed by atoms with van der Waals surface area (Å²) >= 11 is 0. The van der Waals surface area contributed by atoms with Crippen LogP contribution in [-0.2, 0) is 15.6 Å².